The van der Waals surface area contributed by atoms with Crippen molar-refractivity contribution in [2.45, 2.75) is 17.7 Å². The third-order valence-corrected chi connectivity index (χ3v) is 7.80. The summed E-state index contributed by atoms with van der Waals surface area (Å²) in [5.74, 6) is -0.599. The van der Waals surface area contributed by atoms with Crippen molar-refractivity contribution >= 4 is 38.4 Å². The van der Waals surface area contributed by atoms with Gasteiger partial charge in [0.05, 0.1) is 24.0 Å². The molecule has 140 valence electrons. The number of hydrogen-bond acceptors (Lipinski definition) is 4. The summed E-state index contributed by atoms with van der Waals surface area (Å²) in [6.45, 7) is 0. The number of aliphatic imine (C=N–C) groups is 1. The zero-order valence-corrected chi connectivity index (χ0v) is 15.9. The molecule has 2 fully saturated rings. The van der Waals surface area contributed by atoms with Crippen LogP contribution in [0.25, 0.3) is 0 Å². The Kier molecular flexibility index (Phi) is 4.77. The predicted molar refractivity (Wildman–Crippen MR) is 105 cm³/mol. The van der Waals surface area contributed by atoms with Gasteiger partial charge in [-0.3, -0.25) is 4.79 Å². The molecular formula is C19H17FN2O3S2. The average molecular weight is 404 g/mol. The van der Waals surface area contributed by atoms with E-state index in [9.17, 15) is 17.6 Å². The number of hydrogen-bond donors (Lipinski definition) is 0. The molecule has 2 unspecified atom stereocenters. The minimum Gasteiger partial charge on any atom is -0.316 e. The highest BCUT2D eigenvalue weighted by Crippen LogP contribution is 2.41. The highest BCUT2D eigenvalue weighted by Gasteiger charge is 2.49. The van der Waals surface area contributed by atoms with E-state index in [1.165, 1.54) is 23.9 Å². The lowest BCUT2D eigenvalue weighted by Crippen LogP contribution is -2.37. The summed E-state index contributed by atoms with van der Waals surface area (Å²) in [5, 5.41) is 0.302. The van der Waals surface area contributed by atoms with Crippen LogP contribution in [0.15, 0.2) is 59.6 Å². The summed E-state index contributed by atoms with van der Waals surface area (Å²) in [6.07, 6.45) is 0.176. The monoisotopic (exact) mass is 404 g/mol. The Balaban J connectivity index is 1.64. The molecule has 5 nitrogen and oxygen atoms in total. The first kappa shape index (κ1) is 18.2. The second kappa shape index (κ2) is 7.09. The molecule has 0 aliphatic carbocycles. The van der Waals surface area contributed by atoms with Gasteiger partial charge < -0.3 is 4.90 Å². The molecule has 0 N–H and O–H groups in total. The number of thioether (sulfide) groups is 1. The van der Waals surface area contributed by atoms with E-state index in [-0.39, 0.29) is 40.9 Å². The molecule has 2 atom stereocenters. The second-order valence-electron chi connectivity index (χ2n) is 6.60. The average Bonchev–Trinajstić information content (AvgIpc) is 3.07. The third-order valence-electron chi connectivity index (χ3n) is 4.59. The second-order valence-corrected chi connectivity index (χ2v) is 9.96. The molecule has 2 aromatic rings. The molecule has 0 saturated carbocycles. The highest BCUT2D eigenvalue weighted by molar-refractivity contribution is 8.16. The van der Waals surface area contributed by atoms with Crippen molar-refractivity contribution in [3.63, 3.8) is 0 Å². The number of carbonyl (C=O) groups is 1. The summed E-state index contributed by atoms with van der Waals surface area (Å²) in [5.41, 5.74) is 1.51. The summed E-state index contributed by atoms with van der Waals surface area (Å²) in [7, 11) is -3.13. The summed E-state index contributed by atoms with van der Waals surface area (Å²) in [4.78, 5) is 18.5. The van der Waals surface area contributed by atoms with Crippen molar-refractivity contribution in [3.05, 3.63) is 66.0 Å². The van der Waals surface area contributed by atoms with E-state index in [1.807, 2.05) is 30.3 Å². The van der Waals surface area contributed by atoms with Crippen LogP contribution in [-0.2, 0) is 21.1 Å². The number of nitrogens with zero attached hydrogens (tertiary/aromatic N) is 2. The van der Waals surface area contributed by atoms with E-state index in [0.717, 1.165) is 5.56 Å². The first-order chi connectivity index (χ1) is 12.9. The Hall–Kier alpha value is -2.19. The van der Waals surface area contributed by atoms with Gasteiger partial charge in [0.15, 0.2) is 15.0 Å². The van der Waals surface area contributed by atoms with E-state index in [1.54, 1.807) is 17.0 Å². The van der Waals surface area contributed by atoms with Crippen LogP contribution in [0.2, 0.25) is 0 Å². The van der Waals surface area contributed by atoms with Gasteiger partial charge in [-0.2, -0.15) is 4.99 Å². The van der Waals surface area contributed by atoms with Crippen LogP contribution in [0, 0.1) is 5.82 Å². The third kappa shape index (κ3) is 3.91. The van der Waals surface area contributed by atoms with Crippen LogP contribution in [0.3, 0.4) is 0 Å². The van der Waals surface area contributed by atoms with Crippen molar-refractivity contribution in [1.29, 1.82) is 0 Å². The van der Waals surface area contributed by atoms with Crippen molar-refractivity contribution in [3.8, 4) is 0 Å². The van der Waals surface area contributed by atoms with Gasteiger partial charge in [0.2, 0.25) is 0 Å². The maximum Gasteiger partial charge on any atom is 0.252 e. The normalized spacial score (nSPS) is 24.9. The molecule has 4 rings (SSSR count). The largest absolute Gasteiger partial charge is 0.316 e. The lowest BCUT2D eigenvalue weighted by molar-refractivity contribution is -0.117. The van der Waals surface area contributed by atoms with Gasteiger partial charge in [0, 0.05) is 10.9 Å². The molecule has 0 aromatic heterocycles. The predicted octanol–water partition coefficient (Wildman–Crippen LogP) is 2.67. The number of amidine groups is 1. The molecule has 2 aliphatic heterocycles. The molecule has 2 aliphatic rings. The maximum absolute atomic E-state index is 13.3. The number of carbonyl (C=O) groups excluding carboxylic acids is 1. The number of anilines is 1. The zero-order valence-electron chi connectivity index (χ0n) is 14.3. The minimum absolute atomic E-state index is 0.00788. The van der Waals surface area contributed by atoms with Gasteiger partial charge in [0.1, 0.15) is 5.82 Å². The van der Waals surface area contributed by atoms with Crippen LogP contribution < -0.4 is 4.90 Å². The number of fused-ring (bicyclic) bond motifs is 1. The number of halogens is 1. The van der Waals surface area contributed by atoms with Crippen LogP contribution >= 0.6 is 11.8 Å². The molecule has 2 heterocycles. The molecule has 0 bridgehead atoms. The Labute approximate surface area is 161 Å². The van der Waals surface area contributed by atoms with Crippen molar-refractivity contribution in [2.24, 2.45) is 4.99 Å². The minimum atomic E-state index is -3.13. The van der Waals surface area contributed by atoms with Crippen LogP contribution in [-0.4, -0.2) is 42.3 Å². The Morgan fingerprint density at radius 1 is 1.11 bits per heavy atom. The fourth-order valence-electron chi connectivity index (χ4n) is 3.38. The van der Waals surface area contributed by atoms with E-state index < -0.39 is 9.84 Å². The van der Waals surface area contributed by atoms with Crippen molar-refractivity contribution in [2.75, 3.05) is 16.4 Å². The Bertz CT molecular complexity index is 991. The highest BCUT2D eigenvalue weighted by atomic mass is 32.2. The van der Waals surface area contributed by atoms with Crippen LogP contribution in [0.4, 0.5) is 10.1 Å². The quantitative estimate of drug-likeness (QED) is 0.787. The number of rotatable bonds is 3. The Morgan fingerprint density at radius 2 is 1.81 bits per heavy atom. The van der Waals surface area contributed by atoms with Gasteiger partial charge in [-0.25, -0.2) is 12.8 Å². The Morgan fingerprint density at radius 3 is 2.52 bits per heavy atom. The number of benzene rings is 2. The zero-order chi connectivity index (χ0) is 19.0. The lowest BCUT2D eigenvalue weighted by Gasteiger charge is -2.24. The van der Waals surface area contributed by atoms with Crippen LogP contribution in [0.1, 0.15) is 5.56 Å². The van der Waals surface area contributed by atoms with Gasteiger partial charge in [-0.15, -0.1) is 0 Å². The van der Waals surface area contributed by atoms with E-state index in [4.69, 9.17) is 0 Å². The topological polar surface area (TPSA) is 66.8 Å². The lowest BCUT2D eigenvalue weighted by atomic mass is 10.1. The van der Waals surface area contributed by atoms with Gasteiger partial charge >= 0.3 is 0 Å². The SMILES string of the molecule is O=C(Cc1ccccc1)N=C1SC2CS(=O)(=O)CC2N1c1ccc(F)cc1. The molecule has 0 radical (unpaired) electrons. The maximum atomic E-state index is 13.3. The van der Waals surface area contributed by atoms with Gasteiger partial charge in [0.25, 0.3) is 5.91 Å². The van der Waals surface area contributed by atoms with Gasteiger partial charge in [-0.05, 0) is 29.8 Å². The van der Waals surface area contributed by atoms with Gasteiger partial charge in [-0.1, -0.05) is 42.1 Å². The van der Waals surface area contributed by atoms with E-state index >= 15 is 0 Å². The molecule has 1 amide bonds. The summed E-state index contributed by atoms with van der Waals surface area (Å²) in [6, 6.07) is 14.8. The molecule has 27 heavy (non-hydrogen) atoms. The first-order valence-electron chi connectivity index (χ1n) is 8.49. The molecule has 2 aromatic carbocycles. The van der Waals surface area contributed by atoms with E-state index in [2.05, 4.69) is 4.99 Å². The number of sulfone groups is 1. The fraction of sp³-hybridized carbons (Fsp3) is 0.263. The molecule has 0 spiro atoms. The first-order valence-corrected chi connectivity index (χ1v) is 11.2. The molecule has 8 heteroatoms. The van der Waals surface area contributed by atoms with Crippen molar-refractivity contribution in [1.82, 2.24) is 0 Å². The van der Waals surface area contributed by atoms with Crippen LogP contribution in [0.5, 0.6) is 0 Å². The number of amides is 1. The molecule has 2 saturated heterocycles. The fourth-order valence-corrected chi connectivity index (χ4v) is 7.32. The van der Waals surface area contributed by atoms with E-state index in [0.29, 0.717) is 10.9 Å². The summed E-state index contributed by atoms with van der Waals surface area (Å²) < 4.78 is 37.4. The smallest absolute Gasteiger partial charge is 0.252 e. The standard InChI is InChI=1S/C19H17FN2O3S2/c20-14-6-8-15(9-7-14)22-16-11-27(24,25)12-17(16)26-19(22)21-18(23)10-13-4-2-1-3-5-13/h1-9,16-17H,10-12H2. The van der Waals surface area contributed by atoms with Crippen molar-refractivity contribution < 1.29 is 17.6 Å². The summed E-state index contributed by atoms with van der Waals surface area (Å²) >= 11 is 1.31. The molecular weight excluding hydrogens is 387 g/mol.